The zero-order valence-electron chi connectivity index (χ0n) is 14.0. The smallest absolute Gasteiger partial charge is 0.0577 e. The van der Waals surface area contributed by atoms with Gasteiger partial charge in [0, 0.05) is 0 Å². The van der Waals surface area contributed by atoms with Crippen molar-refractivity contribution in [2.75, 3.05) is 0 Å². The third kappa shape index (κ3) is 2.04. The zero-order chi connectivity index (χ0) is 15.7. The van der Waals surface area contributed by atoms with Crippen molar-refractivity contribution >= 4 is 0 Å². The molecule has 4 fully saturated rings. The van der Waals surface area contributed by atoms with Crippen LogP contribution in [0.4, 0.5) is 0 Å². The highest BCUT2D eigenvalue weighted by atomic mass is 16.3. The second kappa shape index (κ2) is 4.94. The van der Waals surface area contributed by atoms with Crippen LogP contribution >= 0.6 is 0 Å². The van der Waals surface area contributed by atoms with Gasteiger partial charge in [0.25, 0.3) is 0 Å². The molecule has 4 saturated carbocycles. The maximum absolute atomic E-state index is 10.8. The van der Waals surface area contributed by atoms with Crippen LogP contribution in [0.3, 0.4) is 0 Å². The molecule has 0 heterocycles. The molecule has 3 N–H and O–H groups in total. The van der Waals surface area contributed by atoms with Gasteiger partial charge in [0.2, 0.25) is 0 Å². The van der Waals surface area contributed by atoms with Crippen molar-refractivity contribution in [3.05, 3.63) is 0 Å². The second-order valence-electron chi connectivity index (χ2n) is 9.51. The van der Waals surface area contributed by atoms with Crippen molar-refractivity contribution in [2.45, 2.75) is 83.5 Å². The van der Waals surface area contributed by atoms with E-state index in [-0.39, 0.29) is 35.1 Å². The molecule has 0 aromatic carbocycles. The van der Waals surface area contributed by atoms with Crippen LogP contribution in [0.25, 0.3) is 0 Å². The molecule has 0 saturated heterocycles. The highest BCUT2D eigenvalue weighted by Gasteiger charge is 2.61. The van der Waals surface area contributed by atoms with Gasteiger partial charge >= 0.3 is 0 Å². The lowest BCUT2D eigenvalue weighted by molar-refractivity contribution is -0.167. The van der Waals surface area contributed by atoms with Gasteiger partial charge in [0.1, 0.15) is 0 Å². The molecule has 0 bridgehead atoms. The Hall–Kier alpha value is -0.120. The van der Waals surface area contributed by atoms with Crippen molar-refractivity contribution in [3.8, 4) is 0 Å². The molecule has 3 heteroatoms. The van der Waals surface area contributed by atoms with Crippen LogP contribution in [0.1, 0.15) is 65.2 Å². The van der Waals surface area contributed by atoms with Gasteiger partial charge in [-0.2, -0.15) is 0 Å². The quantitative estimate of drug-likeness (QED) is 0.645. The molecule has 0 unspecified atom stereocenters. The van der Waals surface area contributed by atoms with E-state index in [1.54, 1.807) is 0 Å². The summed E-state index contributed by atoms with van der Waals surface area (Å²) in [5, 5.41) is 31.1. The van der Waals surface area contributed by atoms with E-state index in [0.717, 1.165) is 38.5 Å². The average molecular weight is 308 g/mol. The molecule has 0 radical (unpaired) electrons. The van der Waals surface area contributed by atoms with Crippen LogP contribution in [0, 0.1) is 34.5 Å². The summed E-state index contributed by atoms with van der Waals surface area (Å²) in [5.74, 6) is 2.10. The highest BCUT2D eigenvalue weighted by Crippen LogP contribution is 2.66. The second-order valence-corrected chi connectivity index (χ2v) is 9.51. The summed E-state index contributed by atoms with van der Waals surface area (Å²) >= 11 is 0. The Bertz CT molecular complexity index is 452. The summed E-state index contributed by atoms with van der Waals surface area (Å²) in [6, 6.07) is 0. The molecule has 0 spiro atoms. The minimum absolute atomic E-state index is 0.135. The van der Waals surface area contributed by atoms with E-state index in [2.05, 4.69) is 13.8 Å². The van der Waals surface area contributed by atoms with Crippen molar-refractivity contribution < 1.29 is 15.3 Å². The number of aliphatic hydroxyl groups is 3. The molecule has 4 aliphatic carbocycles. The van der Waals surface area contributed by atoms with Gasteiger partial charge in [-0.3, -0.25) is 0 Å². The number of aliphatic hydroxyl groups excluding tert-OH is 3. The third-order valence-electron chi connectivity index (χ3n) is 8.40. The van der Waals surface area contributed by atoms with E-state index in [1.165, 1.54) is 12.8 Å². The molecule has 0 amide bonds. The summed E-state index contributed by atoms with van der Waals surface area (Å²) in [5.41, 5.74) is 0.480. The van der Waals surface area contributed by atoms with Gasteiger partial charge in [0.05, 0.1) is 18.3 Å². The van der Waals surface area contributed by atoms with E-state index < -0.39 is 0 Å². The summed E-state index contributed by atoms with van der Waals surface area (Å²) in [6.45, 7) is 4.76. The van der Waals surface area contributed by atoms with E-state index >= 15 is 0 Å². The molecule has 9 atom stereocenters. The van der Waals surface area contributed by atoms with Crippen LogP contribution in [0.5, 0.6) is 0 Å². The fraction of sp³-hybridized carbons (Fsp3) is 1.00. The largest absolute Gasteiger partial charge is 0.393 e. The van der Waals surface area contributed by atoms with Crippen molar-refractivity contribution in [1.82, 2.24) is 0 Å². The van der Waals surface area contributed by atoms with Gasteiger partial charge < -0.3 is 15.3 Å². The van der Waals surface area contributed by atoms with Gasteiger partial charge in [-0.25, -0.2) is 0 Å². The van der Waals surface area contributed by atoms with Crippen molar-refractivity contribution in [3.63, 3.8) is 0 Å². The summed E-state index contributed by atoms with van der Waals surface area (Å²) < 4.78 is 0. The first-order valence-electron chi connectivity index (χ1n) is 9.38. The monoisotopic (exact) mass is 308 g/mol. The maximum Gasteiger partial charge on any atom is 0.0577 e. The van der Waals surface area contributed by atoms with Crippen LogP contribution in [0.15, 0.2) is 0 Å². The summed E-state index contributed by atoms with van der Waals surface area (Å²) in [6.07, 6.45) is 7.39. The Morgan fingerprint density at radius 2 is 1.50 bits per heavy atom. The summed E-state index contributed by atoms with van der Waals surface area (Å²) in [7, 11) is 0. The molecule has 3 nitrogen and oxygen atoms in total. The van der Waals surface area contributed by atoms with Gasteiger partial charge in [-0.1, -0.05) is 13.8 Å². The van der Waals surface area contributed by atoms with Gasteiger partial charge in [0.15, 0.2) is 0 Å². The third-order valence-corrected chi connectivity index (χ3v) is 8.40. The Balaban J connectivity index is 1.66. The number of hydrogen-bond acceptors (Lipinski definition) is 3. The van der Waals surface area contributed by atoms with Crippen molar-refractivity contribution in [1.29, 1.82) is 0 Å². The minimum atomic E-state index is -0.263. The molecular weight excluding hydrogens is 276 g/mol. The maximum atomic E-state index is 10.8. The molecule has 22 heavy (non-hydrogen) atoms. The number of fused-ring (bicyclic) bond motifs is 5. The van der Waals surface area contributed by atoms with E-state index in [1.807, 2.05) is 0 Å². The molecule has 4 aliphatic rings. The summed E-state index contributed by atoms with van der Waals surface area (Å²) in [4.78, 5) is 0. The van der Waals surface area contributed by atoms with Gasteiger partial charge in [-0.15, -0.1) is 0 Å². The first kappa shape index (κ1) is 15.4. The highest BCUT2D eigenvalue weighted by molar-refractivity contribution is 5.10. The molecular formula is C19H32O3. The van der Waals surface area contributed by atoms with E-state index in [4.69, 9.17) is 0 Å². The minimum Gasteiger partial charge on any atom is -0.393 e. The predicted octanol–water partition coefficient (Wildman–Crippen LogP) is 2.72. The zero-order valence-corrected chi connectivity index (χ0v) is 14.0. The average Bonchev–Trinajstić information content (AvgIpc) is 2.76. The number of rotatable bonds is 0. The van der Waals surface area contributed by atoms with Crippen LogP contribution in [-0.2, 0) is 0 Å². The standard InChI is InChI=1S/C19H32O3/c1-18-5-4-14-13(15(18)8-12(21)10-18)9-17(22)16-7-11(20)3-6-19(14,16)2/h11-17,20-22H,3-10H2,1-2H3/t11-,12-,13+,14-,15+,16-,17+,18-,19-/m1/s1. The molecule has 0 aliphatic heterocycles. The lowest BCUT2D eigenvalue weighted by atomic mass is 9.44. The fourth-order valence-electron chi connectivity index (χ4n) is 7.30. The topological polar surface area (TPSA) is 60.7 Å². The number of hydrogen-bond donors (Lipinski definition) is 3. The van der Waals surface area contributed by atoms with Gasteiger partial charge in [-0.05, 0) is 85.9 Å². The normalized spacial score (nSPS) is 61.2. The Morgan fingerprint density at radius 3 is 2.27 bits per heavy atom. The lowest BCUT2D eigenvalue weighted by Gasteiger charge is -2.61. The van der Waals surface area contributed by atoms with E-state index in [9.17, 15) is 15.3 Å². The first-order chi connectivity index (χ1) is 10.3. The lowest BCUT2D eigenvalue weighted by Crippen LogP contribution is -2.57. The molecule has 4 rings (SSSR count). The van der Waals surface area contributed by atoms with Crippen LogP contribution in [0.2, 0.25) is 0 Å². The Kier molecular flexibility index (Phi) is 3.46. The fourth-order valence-corrected chi connectivity index (χ4v) is 7.30. The first-order valence-corrected chi connectivity index (χ1v) is 9.38. The van der Waals surface area contributed by atoms with Crippen molar-refractivity contribution in [2.24, 2.45) is 34.5 Å². The van der Waals surface area contributed by atoms with Crippen LogP contribution < -0.4 is 0 Å². The SMILES string of the molecule is C[C@]12CC[C@@H]3[C@H](C[C@H](O)[C@H]4C[C@H](O)CC[C@]34C)[C@@H]1C[C@@H](O)C2. The molecule has 0 aromatic rings. The molecule has 0 aromatic heterocycles. The molecule has 126 valence electrons. The van der Waals surface area contributed by atoms with Crippen LogP contribution in [-0.4, -0.2) is 33.6 Å². The Morgan fingerprint density at radius 1 is 0.773 bits per heavy atom. The Labute approximate surface area is 134 Å². The van der Waals surface area contributed by atoms with E-state index in [0.29, 0.717) is 17.8 Å². The predicted molar refractivity (Wildman–Crippen MR) is 85.1 cm³/mol.